The molecule has 0 aromatic heterocycles. The molecule has 2 aromatic rings. The number of piperazine rings is 1. The summed E-state index contributed by atoms with van der Waals surface area (Å²) in [6.45, 7) is 8.88. The first-order chi connectivity index (χ1) is 15.2. The minimum Gasteiger partial charge on any atom is -0.325 e. The van der Waals surface area contributed by atoms with Crippen LogP contribution in [-0.4, -0.2) is 65.3 Å². The van der Waals surface area contributed by atoms with Gasteiger partial charge in [-0.2, -0.15) is 0 Å². The number of rotatable bonds is 7. The average Bonchev–Trinajstić information content (AvgIpc) is 2.77. The smallest absolute Gasteiger partial charge is 0.269 e. The van der Waals surface area contributed by atoms with Crippen molar-refractivity contribution in [1.29, 1.82) is 0 Å². The fourth-order valence-corrected chi connectivity index (χ4v) is 3.67. The second kappa shape index (κ2) is 10.3. The lowest BCUT2D eigenvalue weighted by Crippen LogP contribution is -2.53. The molecule has 170 valence electrons. The van der Waals surface area contributed by atoms with Crippen molar-refractivity contribution < 1.29 is 14.5 Å². The molecule has 1 aliphatic heterocycles. The number of non-ortho nitro benzene ring substituents is 1. The van der Waals surface area contributed by atoms with Crippen LogP contribution in [0.3, 0.4) is 0 Å². The molecule has 1 saturated heterocycles. The molecule has 1 fully saturated rings. The Hall–Kier alpha value is -3.30. The third-order valence-electron chi connectivity index (χ3n) is 5.93. The number of hydrogen-bond acceptors (Lipinski definition) is 6. The normalized spacial score (nSPS) is 15.7. The molecule has 1 atom stereocenters. The fraction of sp³-hybridized carbons (Fsp3) is 0.391. The zero-order valence-corrected chi connectivity index (χ0v) is 18.6. The van der Waals surface area contributed by atoms with Crippen LogP contribution >= 0.6 is 0 Å². The van der Waals surface area contributed by atoms with Crippen LogP contribution in [0.25, 0.3) is 0 Å². The Morgan fingerprint density at radius 1 is 1.03 bits per heavy atom. The summed E-state index contributed by atoms with van der Waals surface area (Å²) >= 11 is 0. The van der Waals surface area contributed by atoms with Crippen LogP contribution in [0.1, 0.15) is 18.1 Å². The Kier molecular flexibility index (Phi) is 7.55. The zero-order valence-electron chi connectivity index (χ0n) is 18.6. The monoisotopic (exact) mass is 439 g/mol. The lowest BCUT2D eigenvalue weighted by molar-refractivity contribution is -0.384. The van der Waals surface area contributed by atoms with Crippen LogP contribution in [0.4, 0.5) is 17.1 Å². The second-order valence-corrected chi connectivity index (χ2v) is 8.08. The van der Waals surface area contributed by atoms with Gasteiger partial charge in [-0.15, -0.1) is 0 Å². The summed E-state index contributed by atoms with van der Waals surface area (Å²) in [4.78, 5) is 39.5. The maximum Gasteiger partial charge on any atom is 0.269 e. The van der Waals surface area contributed by atoms with Crippen LogP contribution in [0.15, 0.2) is 42.5 Å². The minimum atomic E-state index is -0.476. The molecule has 0 spiro atoms. The fourth-order valence-electron chi connectivity index (χ4n) is 3.67. The summed E-state index contributed by atoms with van der Waals surface area (Å²) in [5.41, 5.74) is 3.55. The number of nitro groups is 1. The number of amides is 2. The number of carbonyl (C=O) groups is 2. The van der Waals surface area contributed by atoms with Gasteiger partial charge in [0.05, 0.1) is 17.5 Å². The van der Waals surface area contributed by atoms with E-state index in [0.717, 1.165) is 16.8 Å². The summed E-state index contributed by atoms with van der Waals surface area (Å²) in [7, 11) is 0. The molecule has 9 heteroatoms. The van der Waals surface area contributed by atoms with E-state index in [0.29, 0.717) is 38.4 Å². The summed E-state index contributed by atoms with van der Waals surface area (Å²) in [6.07, 6.45) is 0. The Balaban J connectivity index is 1.46. The van der Waals surface area contributed by atoms with Crippen LogP contribution < -0.4 is 10.6 Å². The first-order valence-electron chi connectivity index (χ1n) is 10.6. The topological polar surface area (TPSA) is 108 Å². The molecule has 0 bridgehead atoms. The molecule has 0 radical (unpaired) electrons. The number of nitro benzene ring substituents is 1. The maximum absolute atomic E-state index is 12.6. The molecule has 1 aliphatic rings. The van der Waals surface area contributed by atoms with E-state index >= 15 is 0 Å². The van der Waals surface area contributed by atoms with Crippen molar-refractivity contribution in [2.75, 3.05) is 43.4 Å². The van der Waals surface area contributed by atoms with Crippen LogP contribution in [0.5, 0.6) is 0 Å². The van der Waals surface area contributed by atoms with Gasteiger partial charge in [-0.25, -0.2) is 0 Å². The van der Waals surface area contributed by atoms with Gasteiger partial charge in [0, 0.05) is 49.7 Å². The third-order valence-corrected chi connectivity index (χ3v) is 5.93. The molecular weight excluding hydrogens is 410 g/mol. The summed E-state index contributed by atoms with van der Waals surface area (Å²) in [6, 6.07) is 11.3. The van der Waals surface area contributed by atoms with Gasteiger partial charge < -0.3 is 10.6 Å². The first-order valence-corrected chi connectivity index (χ1v) is 10.6. The zero-order chi connectivity index (χ0) is 23.3. The van der Waals surface area contributed by atoms with E-state index in [1.165, 1.54) is 24.3 Å². The molecule has 3 rings (SSSR count). The molecule has 0 saturated carbocycles. The lowest BCUT2D eigenvalue weighted by atomic mass is 10.1. The lowest BCUT2D eigenvalue weighted by Gasteiger charge is -2.37. The molecule has 9 nitrogen and oxygen atoms in total. The van der Waals surface area contributed by atoms with Gasteiger partial charge in [0.2, 0.25) is 11.8 Å². The van der Waals surface area contributed by atoms with Crippen molar-refractivity contribution in [3.63, 3.8) is 0 Å². The van der Waals surface area contributed by atoms with E-state index in [9.17, 15) is 19.7 Å². The Labute approximate surface area is 187 Å². The number of nitrogens with zero attached hydrogens (tertiary/aromatic N) is 3. The Morgan fingerprint density at radius 3 is 2.31 bits per heavy atom. The number of anilines is 2. The highest BCUT2D eigenvalue weighted by atomic mass is 16.6. The first kappa shape index (κ1) is 23.4. The SMILES string of the molecule is Cc1cccc(NC(=O)CN2CCN(C(C)C(=O)Nc3ccc([N+](=O)[O-])cc3)CC2)c1C. The second-order valence-electron chi connectivity index (χ2n) is 8.08. The van der Waals surface area contributed by atoms with Crippen molar-refractivity contribution in [3.05, 3.63) is 63.7 Å². The van der Waals surface area contributed by atoms with Gasteiger partial charge >= 0.3 is 0 Å². The molecule has 0 aliphatic carbocycles. The molecule has 2 N–H and O–H groups in total. The van der Waals surface area contributed by atoms with Crippen molar-refractivity contribution in [2.45, 2.75) is 26.8 Å². The Morgan fingerprint density at radius 2 is 1.69 bits per heavy atom. The van der Waals surface area contributed by atoms with Crippen LogP contribution in [-0.2, 0) is 9.59 Å². The number of carbonyl (C=O) groups excluding carboxylic acids is 2. The van der Waals surface area contributed by atoms with E-state index < -0.39 is 4.92 Å². The number of aryl methyl sites for hydroxylation is 1. The van der Waals surface area contributed by atoms with Gasteiger partial charge in [0.15, 0.2) is 0 Å². The molecule has 1 unspecified atom stereocenters. The number of benzene rings is 2. The van der Waals surface area contributed by atoms with E-state index in [-0.39, 0.29) is 23.5 Å². The van der Waals surface area contributed by atoms with Crippen LogP contribution in [0, 0.1) is 24.0 Å². The highest BCUT2D eigenvalue weighted by molar-refractivity contribution is 5.94. The van der Waals surface area contributed by atoms with E-state index in [1.54, 1.807) is 0 Å². The van der Waals surface area contributed by atoms with Gasteiger partial charge in [-0.05, 0) is 50.1 Å². The largest absolute Gasteiger partial charge is 0.325 e. The predicted octanol–water partition coefficient (Wildman–Crippen LogP) is 2.79. The number of nitrogens with one attached hydrogen (secondary N) is 2. The third kappa shape index (κ3) is 5.89. The minimum absolute atomic E-state index is 0.0197. The maximum atomic E-state index is 12.6. The average molecular weight is 440 g/mol. The number of hydrogen-bond donors (Lipinski definition) is 2. The summed E-state index contributed by atoms with van der Waals surface area (Å²) < 4.78 is 0. The molecule has 2 aromatic carbocycles. The highest BCUT2D eigenvalue weighted by Crippen LogP contribution is 2.19. The quantitative estimate of drug-likeness (QED) is 0.507. The summed E-state index contributed by atoms with van der Waals surface area (Å²) in [5.74, 6) is -0.212. The Bertz CT molecular complexity index is 984. The van der Waals surface area contributed by atoms with Crippen molar-refractivity contribution in [3.8, 4) is 0 Å². The molecular formula is C23H29N5O4. The molecule has 1 heterocycles. The van der Waals surface area contributed by atoms with Crippen molar-refractivity contribution in [1.82, 2.24) is 9.80 Å². The standard InChI is InChI=1S/C23H29N5O4/c1-16-5-4-6-21(17(16)2)25-22(29)15-26-11-13-27(14-12-26)18(3)23(30)24-19-7-9-20(10-8-19)28(31)32/h4-10,18H,11-15H2,1-3H3,(H,24,30)(H,25,29). The summed E-state index contributed by atoms with van der Waals surface area (Å²) in [5, 5.41) is 16.5. The predicted molar refractivity (Wildman–Crippen MR) is 124 cm³/mol. The van der Waals surface area contributed by atoms with Gasteiger partial charge in [-0.3, -0.25) is 29.5 Å². The molecule has 32 heavy (non-hydrogen) atoms. The van der Waals surface area contributed by atoms with E-state index in [1.807, 2.05) is 39.0 Å². The van der Waals surface area contributed by atoms with E-state index in [2.05, 4.69) is 20.4 Å². The van der Waals surface area contributed by atoms with Crippen molar-refractivity contribution >= 4 is 28.9 Å². The van der Waals surface area contributed by atoms with Gasteiger partial charge in [0.1, 0.15) is 0 Å². The van der Waals surface area contributed by atoms with E-state index in [4.69, 9.17) is 0 Å². The molecule has 2 amide bonds. The highest BCUT2D eigenvalue weighted by Gasteiger charge is 2.26. The van der Waals surface area contributed by atoms with Gasteiger partial charge in [0.25, 0.3) is 5.69 Å². The van der Waals surface area contributed by atoms with Crippen LogP contribution in [0.2, 0.25) is 0 Å². The van der Waals surface area contributed by atoms with Crippen molar-refractivity contribution in [2.24, 2.45) is 0 Å². The van der Waals surface area contributed by atoms with Gasteiger partial charge in [-0.1, -0.05) is 12.1 Å².